The molecule has 2 fully saturated rings. The smallest absolute Gasteiger partial charge is 0.108 e. The highest BCUT2D eigenvalue weighted by atomic mass is 16.5. The number of piperidine rings is 1. The van der Waals surface area contributed by atoms with Gasteiger partial charge in [-0.05, 0) is 58.4 Å². The third-order valence-corrected chi connectivity index (χ3v) is 4.74. The van der Waals surface area contributed by atoms with Crippen molar-refractivity contribution in [1.29, 1.82) is 5.26 Å². The molecule has 0 aromatic carbocycles. The van der Waals surface area contributed by atoms with Gasteiger partial charge in [0.2, 0.25) is 0 Å². The molecule has 114 valence electrons. The van der Waals surface area contributed by atoms with Crippen LogP contribution in [0.15, 0.2) is 0 Å². The van der Waals surface area contributed by atoms with E-state index in [2.05, 4.69) is 30.1 Å². The predicted octanol–water partition coefficient (Wildman–Crippen LogP) is 2.16. The zero-order valence-corrected chi connectivity index (χ0v) is 13.2. The van der Waals surface area contributed by atoms with Crippen molar-refractivity contribution < 1.29 is 4.74 Å². The summed E-state index contributed by atoms with van der Waals surface area (Å²) in [5.74, 6) is 0.670. The molecule has 0 aromatic rings. The van der Waals surface area contributed by atoms with Crippen molar-refractivity contribution in [2.75, 3.05) is 26.8 Å². The number of ether oxygens (including phenoxy) is 1. The van der Waals surface area contributed by atoms with Crippen LogP contribution < -0.4 is 5.32 Å². The van der Waals surface area contributed by atoms with Gasteiger partial charge in [-0.15, -0.1) is 0 Å². The van der Waals surface area contributed by atoms with E-state index in [0.717, 1.165) is 32.4 Å². The Hall–Kier alpha value is -0.630. The minimum atomic E-state index is -0.299. The molecule has 0 bridgehead atoms. The average molecular weight is 279 g/mol. The normalized spacial score (nSPS) is 35.4. The summed E-state index contributed by atoms with van der Waals surface area (Å²) in [7, 11) is 1.79. The van der Waals surface area contributed by atoms with Crippen LogP contribution in [0.4, 0.5) is 0 Å². The van der Waals surface area contributed by atoms with E-state index >= 15 is 0 Å². The largest absolute Gasteiger partial charge is 0.384 e. The molecule has 2 rings (SSSR count). The lowest BCUT2D eigenvalue weighted by Crippen LogP contribution is -2.48. The topological polar surface area (TPSA) is 48.3 Å². The van der Waals surface area contributed by atoms with Crippen molar-refractivity contribution in [3.05, 3.63) is 0 Å². The summed E-state index contributed by atoms with van der Waals surface area (Å²) in [5, 5.41) is 13.1. The third kappa shape index (κ3) is 3.72. The van der Waals surface area contributed by atoms with Crippen molar-refractivity contribution in [2.45, 2.75) is 63.6 Å². The van der Waals surface area contributed by atoms with Crippen molar-refractivity contribution in [2.24, 2.45) is 5.92 Å². The maximum absolute atomic E-state index is 9.57. The molecule has 1 saturated heterocycles. The number of likely N-dealkylation sites (tertiary alicyclic amines) is 1. The number of hydrogen-bond acceptors (Lipinski definition) is 4. The lowest BCUT2D eigenvalue weighted by Gasteiger charge is -2.37. The molecule has 3 unspecified atom stereocenters. The first-order valence-corrected chi connectivity index (χ1v) is 8.00. The maximum atomic E-state index is 9.57. The fourth-order valence-electron chi connectivity index (χ4n) is 3.95. The van der Waals surface area contributed by atoms with E-state index in [1.807, 2.05) is 0 Å². The predicted molar refractivity (Wildman–Crippen MR) is 80.4 cm³/mol. The molecule has 20 heavy (non-hydrogen) atoms. The van der Waals surface area contributed by atoms with Gasteiger partial charge in [0.1, 0.15) is 5.54 Å². The van der Waals surface area contributed by atoms with Gasteiger partial charge >= 0.3 is 0 Å². The monoisotopic (exact) mass is 279 g/mol. The van der Waals surface area contributed by atoms with E-state index in [9.17, 15) is 5.26 Å². The summed E-state index contributed by atoms with van der Waals surface area (Å²) in [6.45, 7) is 7.45. The second-order valence-corrected chi connectivity index (χ2v) is 6.85. The second kappa shape index (κ2) is 6.89. The quantitative estimate of drug-likeness (QED) is 0.838. The van der Waals surface area contributed by atoms with Crippen molar-refractivity contribution >= 4 is 0 Å². The fourth-order valence-corrected chi connectivity index (χ4v) is 3.95. The Bertz CT molecular complexity index is 350. The molecule has 1 aliphatic heterocycles. The van der Waals surface area contributed by atoms with Gasteiger partial charge in [-0.2, -0.15) is 5.26 Å². The van der Waals surface area contributed by atoms with Crippen LogP contribution in [0.2, 0.25) is 0 Å². The van der Waals surface area contributed by atoms with Gasteiger partial charge in [0.25, 0.3) is 0 Å². The van der Waals surface area contributed by atoms with Gasteiger partial charge in [0, 0.05) is 25.7 Å². The zero-order valence-electron chi connectivity index (χ0n) is 13.2. The Kier molecular flexibility index (Phi) is 5.42. The van der Waals surface area contributed by atoms with Gasteiger partial charge in [-0.1, -0.05) is 0 Å². The molecule has 4 nitrogen and oxygen atoms in total. The molecular formula is C16H29N3O. The van der Waals surface area contributed by atoms with Crippen LogP contribution in [0, 0.1) is 17.2 Å². The Morgan fingerprint density at radius 2 is 2.25 bits per heavy atom. The highest BCUT2D eigenvalue weighted by Crippen LogP contribution is 2.35. The Labute approximate surface area is 123 Å². The van der Waals surface area contributed by atoms with E-state index in [1.54, 1.807) is 7.11 Å². The molecule has 0 spiro atoms. The van der Waals surface area contributed by atoms with E-state index in [-0.39, 0.29) is 5.54 Å². The summed E-state index contributed by atoms with van der Waals surface area (Å²) in [6.07, 6.45) is 5.65. The van der Waals surface area contributed by atoms with Crippen LogP contribution in [0.1, 0.15) is 46.0 Å². The number of nitriles is 1. The molecular weight excluding hydrogens is 250 g/mol. The van der Waals surface area contributed by atoms with Crippen molar-refractivity contribution in [3.63, 3.8) is 0 Å². The van der Waals surface area contributed by atoms with Gasteiger partial charge in [0.05, 0.1) is 12.7 Å². The fraction of sp³-hybridized carbons (Fsp3) is 0.938. The number of nitrogens with one attached hydrogen (secondary N) is 1. The first-order valence-electron chi connectivity index (χ1n) is 8.00. The van der Waals surface area contributed by atoms with Crippen LogP contribution in [0.5, 0.6) is 0 Å². The van der Waals surface area contributed by atoms with E-state index in [0.29, 0.717) is 18.0 Å². The van der Waals surface area contributed by atoms with Gasteiger partial charge < -0.3 is 4.74 Å². The molecule has 1 saturated carbocycles. The Morgan fingerprint density at radius 3 is 2.90 bits per heavy atom. The molecule has 0 amide bonds. The SMILES string of the molecule is COCC1CCCN(C2CCC(C#N)(NC(C)C)C2)C1. The Morgan fingerprint density at radius 1 is 1.45 bits per heavy atom. The lowest BCUT2D eigenvalue weighted by molar-refractivity contribution is 0.0680. The minimum absolute atomic E-state index is 0.299. The molecule has 2 aliphatic rings. The average Bonchev–Trinajstić information content (AvgIpc) is 2.83. The second-order valence-electron chi connectivity index (χ2n) is 6.85. The molecule has 0 aromatic heterocycles. The number of nitrogens with zero attached hydrogens (tertiary/aromatic N) is 2. The van der Waals surface area contributed by atoms with E-state index in [4.69, 9.17) is 4.74 Å². The van der Waals surface area contributed by atoms with Crippen LogP contribution in [0.3, 0.4) is 0 Å². The summed E-state index contributed by atoms with van der Waals surface area (Å²) in [5.41, 5.74) is -0.299. The van der Waals surface area contributed by atoms with Crippen LogP contribution in [0.25, 0.3) is 0 Å². The number of methoxy groups -OCH3 is 1. The first-order chi connectivity index (χ1) is 9.58. The molecule has 1 N–H and O–H groups in total. The van der Waals surface area contributed by atoms with Gasteiger partial charge in [0.15, 0.2) is 0 Å². The number of hydrogen-bond donors (Lipinski definition) is 1. The molecule has 4 heteroatoms. The van der Waals surface area contributed by atoms with Gasteiger partial charge in [-0.25, -0.2) is 0 Å². The van der Waals surface area contributed by atoms with Crippen LogP contribution in [-0.4, -0.2) is 49.3 Å². The van der Waals surface area contributed by atoms with Gasteiger partial charge in [-0.3, -0.25) is 10.2 Å². The number of rotatable bonds is 5. The lowest BCUT2D eigenvalue weighted by atomic mass is 9.95. The summed E-state index contributed by atoms with van der Waals surface area (Å²) in [4.78, 5) is 2.61. The molecule has 1 heterocycles. The summed E-state index contributed by atoms with van der Waals surface area (Å²) in [6, 6.07) is 3.49. The minimum Gasteiger partial charge on any atom is -0.384 e. The standard InChI is InChI=1S/C16H29N3O/c1-13(2)18-16(12-17)7-6-15(9-16)19-8-4-5-14(10-19)11-20-3/h13-15,18H,4-11H2,1-3H3. The highest BCUT2D eigenvalue weighted by Gasteiger charge is 2.42. The van der Waals surface area contributed by atoms with Crippen molar-refractivity contribution in [1.82, 2.24) is 10.2 Å². The van der Waals surface area contributed by atoms with Crippen molar-refractivity contribution in [3.8, 4) is 6.07 Å². The first kappa shape index (κ1) is 15.8. The summed E-state index contributed by atoms with van der Waals surface area (Å²) < 4.78 is 5.32. The molecule has 0 radical (unpaired) electrons. The molecule has 1 aliphatic carbocycles. The van der Waals surface area contributed by atoms with Crippen LogP contribution in [-0.2, 0) is 4.74 Å². The Balaban J connectivity index is 1.93. The highest BCUT2D eigenvalue weighted by molar-refractivity contribution is 5.14. The zero-order chi connectivity index (χ0) is 14.6. The van der Waals surface area contributed by atoms with E-state index < -0.39 is 0 Å². The molecule has 3 atom stereocenters. The van der Waals surface area contributed by atoms with E-state index in [1.165, 1.54) is 19.4 Å². The summed E-state index contributed by atoms with van der Waals surface area (Å²) >= 11 is 0. The van der Waals surface area contributed by atoms with Crippen LogP contribution >= 0.6 is 0 Å². The maximum Gasteiger partial charge on any atom is 0.108 e. The third-order valence-electron chi connectivity index (χ3n) is 4.74.